The SMILES string of the molecule is CC(=O)N(c1ccccc1)c1nc(CSc2nc3nc(C)cc(C)n3n2)cs1. The molecule has 0 saturated heterocycles. The lowest BCUT2D eigenvalue weighted by atomic mass is 10.3. The van der Waals surface area contributed by atoms with Gasteiger partial charge in [0, 0.05) is 29.4 Å². The van der Waals surface area contributed by atoms with E-state index in [1.165, 1.54) is 23.1 Å². The fraction of sp³-hybridized carbons (Fsp3) is 0.211. The van der Waals surface area contributed by atoms with E-state index in [9.17, 15) is 4.79 Å². The number of benzene rings is 1. The topological polar surface area (TPSA) is 76.3 Å². The summed E-state index contributed by atoms with van der Waals surface area (Å²) in [5, 5.41) is 7.78. The number of nitrogens with zero attached hydrogens (tertiary/aromatic N) is 6. The van der Waals surface area contributed by atoms with Crippen LogP contribution in [0, 0.1) is 13.8 Å². The molecule has 3 aromatic heterocycles. The van der Waals surface area contributed by atoms with Crippen molar-refractivity contribution in [3.63, 3.8) is 0 Å². The number of amides is 1. The van der Waals surface area contributed by atoms with Crippen molar-refractivity contribution in [1.82, 2.24) is 24.6 Å². The Morgan fingerprint density at radius 1 is 1.18 bits per heavy atom. The third kappa shape index (κ3) is 3.76. The third-order valence-corrected chi connectivity index (χ3v) is 5.75. The van der Waals surface area contributed by atoms with Crippen LogP contribution in [0.4, 0.5) is 10.8 Å². The van der Waals surface area contributed by atoms with Gasteiger partial charge in [-0.1, -0.05) is 30.0 Å². The Balaban J connectivity index is 1.52. The molecule has 0 N–H and O–H groups in total. The summed E-state index contributed by atoms with van der Waals surface area (Å²) in [5.41, 5.74) is 3.61. The summed E-state index contributed by atoms with van der Waals surface area (Å²) in [7, 11) is 0. The number of aromatic nitrogens is 5. The largest absolute Gasteiger partial charge is 0.274 e. The highest BCUT2D eigenvalue weighted by Crippen LogP contribution is 2.30. The maximum Gasteiger partial charge on any atom is 0.253 e. The molecule has 4 aromatic rings. The second-order valence-corrected chi connectivity index (χ2v) is 8.02. The van der Waals surface area contributed by atoms with Crippen molar-refractivity contribution in [3.05, 3.63) is 58.9 Å². The summed E-state index contributed by atoms with van der Waals surface area (Å²) >= 11 is 2.95. The zero-order chi connectivity index (χ0) is 19.7. The Labute approximate surface area is 170 Å². The average Bonchev–Trinajstić information content (AvgIpc) is 3.28. The second-order valence-electron chi connectivity index (χ2n) is 6.25. The summed E-state index contributed by atoms with van der Waals surface area (Å²) < 4.78 is 1.74. The van der Waals surface area contributed by atoms with Gasteiger partial charge in [0.2, 0.25) is 11.1 Å². The molecule has 0 atom stereocenters. The highest BCUT2D eigenvalue weighted by atomic mass is 32.2. The van der Waals surface area contributed by atoms with Crippen molar-refractivity contribution in [2.45, 2.75) is 31.7 Å². The van der Waals surface area contributed by atoms with Gasteiger partial charge >= 0.3 is 0 Å². The molecule has 142 valence electrons. The van der Waals surface area contributed by atoms with E-state index in [1.54, 1.807) is 16.3 Å². The van der Waals surface area contributed by atoms with E-state index in [1.807, 2.05) is 55.6 Å². The number of para-hydroxylation sites is 1. The quantitative estimate of drug-likeness (QED) is 0.460. The van der Waals surface area contributed by atoms with Gasteiger partial charge in [-0.2, -0.15) is 4.98 Å². The average molecular weight is 411 g/mol. The number of carbonyl (C=O) groups is 1. The lowest BCUT2D eigenvalue weighted by molar-refractivity contribution is -0.115. The number of thioether (sulfide) groups is 1. The van der Waals surface area contributed by atoms with E-state index in [0.29, 0.717) is 21.8 Å². The van der Waals surface area contributed by atoms with Gasteiger partial charge in [-0.3, -0.25) is 9.69 Å². The van der Waals surface area contributed by atoms with Crippen molar-refractivity contribution in [1.29, 1.82) is 0 Å². The molecule has 0 bridgehead atoms. The van der Waals surface area contributed by atoms with Crippen LogP contribution >= 0.6 is 23.1 Å². The van der Waals surface area contributed by atoms with Crippen LogP contribution in [-0.2, 0) is 10.5 Å². The van der Waals surface area contributed by atoms with Crippen molar-refractivity contribution < 1.29 is 4.79 Å². The molecule has 4 rings (SSSR count). The van der Waals surface area contributed by atoms with Gasteiger partial charge in [0.1, 0.15) is 0 Å². The molecule has 0 aliphatic heterocycles. The maximum atomic E-state index is 12.1. The number of anilines is 2. The van der Waals surface area contributed by atoms with Crippen molar-refractivity contribution in [2.24, 2.45) is 0 Å². The molecule has 0 spiro atoms. The molecule has 0 aliphatic rings. The van der Waals surface area contributed by atoms with Gasteiger partial charge in [-0.25, -0.2) is 14.5 Å². The molecular weight excluding hydrogens is 392 g/mol. The van der Waals surface area contributed by atoms with Gasteiger partial charge in [-0.05, 0) is 32.0 Å². The number of hydrogen-bond donors (Lipinski definition) is 0. The standard InChI is InChI=1S/C19H18N6OS2/c1-12-9-13(2)25-17(20-12)22-18(23-25)27-10-15-11-28-19(21-15)24(14(3)26)16-7-5-4-6-8-16/h4-9,11H,10H2,1-3H3. The van der Waals surface area contributed by atoms with Crippen LogP contribution in [0.1, 0.15) is 24.0 Å². The highest BCUT2D eigenvalue weighted by molar-refractivity contribution is 7.98. The molecule has 1 amide bonds. The van der Waals surface area contributed by atoms with Crippen LogP contribution in [0.2, 0.25) is 0 Å². The predicted molar refractivity (Wildman–Crippen MR) is 111 cm³/mol. The van der Waals surface area contributed by atoms with Gasteiger partial charge in [0.05, 0.1) is 11.4 Å². The van der Waals surface area contributed by atoms with Crippen LogP contribution in [0.15, 0.2) is 46.9 Å². The first-order valence-electron chi connectivity index (χ1n) is 8.65. The minimum Gasteiger partial charge on any atom is -0.274 e. The Morgan fingerprint density at radius 3 is 2.71 bits per heavy atom. The van der Waals surface area contributed by atoms with E-state index >= 15 is 0 Å². The van der Waals surface area contributed by atoms with Crippen LogP contribution in [0.25, 0.3) is 5.78 Å². The summed E-state index contributed by atoms with van der Waals surface area (Å²) in [5.74, 6) is 1.15. The molecule has 7 nitrogen and oxygen atoms in total. The summed E-state index contributed by atoms with van der Waals surface area (Å²) in [4.78, 5) is 27.3. The minimum absolute atomic E-state index is 0.0707. The zero-order valence-corrected chi connectivity index (χ0v) is 17.3. The van der Waals surface area contributed by atoms with Crippen molar-refractivity contribution in [3.8, 4) is 0 Å². The predicted octanol–water partition coefficient (Wildman–Crippen LogP) is 4.17. The fourth-order valence-electron chi connectivity index (χ4n) is 2.82. The minimum atomic E-state index is -0.0707. The normalized spacial score (nSPS) is 11.1. The lowest BCUT2D eigenvalue weighted by Gasteiger charge is -2.17. The Morgan fingerprint density at radius 2 is 1.96 bits per heavy atom. The molecule has 0 unspecified atom stereocenters. The summed E-state index contributed by atoms with van der Waals surface area (Å²) in [6, 6.07) is 11.5. The first-order valence-corrected chi connectivity index (χ1v) is 10.5. The molecule has 0 radical (unpaired) electrons. The van der Waals surface area contributed by atoms with E-state index in [4.69, 9.17) is 0 Å². The summed E-state index contributed by atoms with van der Waals surface area (Å²) in [6.07, 6.45) is 0. The molecular formula is C19H18N6OS2. The van der Waals surface area contributed by atoms with E-state index in [0.717, 1.165) is 22.8 Å². The van der Waals surface area contributed by atoms with E-state index in [-0.39, 0.29) is 5.91 Å². The molecule has 9 heteroatoms. The smallest absolute Gasteiger partial charge is 0.253 e. The fourth-order valence-corrected chi connectivity index (χ4v) is 4.52. The molecule has 1 aromatic carbocycles. The van der Waals surface area contributed by atoms with Crippen LogP contribution in [0.3, 0.4) is 0 Å². The monoisotopic (exact) mass is 410 g/mol. The third-order valence-electron chi connectivity index (χ3n) is 4.01. The van der Waals surface area contributed by atoms with Gasteiger partial charge < -0.3 is 0 Å². The van der Waals surface area contributed by atoms with Gasteiger partial charge in [0.25, 0.3) is 5.78 Å². The summed E-state index contributed by atoms with van der Waals surface area (Å²) in [6.45, 7) is 5.47. The van der Waals surface area contributed by atoms with Crippen molar-refractivity contribution in [2.75, 3.05) is 4.90 Å². The van der Waals surface area contributed by atoms with Crippen LogP contribution in [0.5, 0.6) is 0 Å². The molecule has 0 aliphatic carbocycles. The second kappa shape index (κ2) is 7.69. The maximum absolute atomic E-state index is 12.1. The zero-order valence-electron chi connectivity index (χ0n) is 15.7. The number of fused-ring (bicyclic) bond motifs is 1. The van der Waals surface area contributed by atoms with Crippen LogP contribution < -0.4 is 4.90 Å². The Kier molecular flexibility index (Phi) is 5.10. The molecule has 0 fully saturated rings. The number of carbonyl (C=O) groups excluding carboxylic acids is 1. The highest BCUT2D eigenvalue weighted by Gasteiger charge is 2.18. The first kappa shape index (κ1) is 18.6. The van der Waals surface area contributed by atoms with Crippen LogP contribution in [-0.4, -0.2) is 30.5 Å². The Hall–Kier alpha value is -2.78. The van der Waals surface area contributed by atoms with Gasteiger partial charge in [-0.15, -0.1) is 16.4 Å². The number of aryl methyl sites for hydroxylation is 2. The number of thiazole rings is 1. The van der Waals surface area contributed by atoms with Crippen molar-refractivity contribution >= 4 is 45.6 Å². The van der Waals surface area contributed by atoms with E-state index < -0.39 is 0 Å². The molecule has 0 saturated carbocycles. The Bertz CT molecular complexity index is 1140. The number of hydrogen-bond acceptors (Lipinski definition) is 7. The lowest BCUT2D eigenvalue weighted by Crippen LogP contribution is -2.22. The first-order chi connectivity index (χ1) is 13.5. The molecule has 28 heavy (non-hydrogen) atoms. The van der Waals surface area contributed by atoms with Gasteiger partial charge in [0.15, 0.2) is 5.13 Å². The molecule has 3 heterocycles. The number of rotatable bonds is 5. The van der Waals surface area contributed by atoms with E-state index in [2.05, 4.69) is 20.1 Å².